The summed E-state index contributed by atoms with van der Waals surface area (Å²) in [4.78, 5) is 26.0. The van der Waals surface area contributed by atoms with E-state index < -0.39 is 6.04 Å². The molecule has 1 atom stereocenters. The number of carbonyl (C=O) groups excluding carboxylic acids is 2. The Balaban J connectivity index is 2.86. The summed E-state index contributed by atoms with van der Waals surface area (Å²) in [6.07, 6.45) is 0. The predicted octanol–water partition coefficient (Wildman–Crippen LogP) is 1.17. The molecule has 116 valence electrons. The van der Waals surface area contributed by atoms with Gasteiger partial charge < -0.3 is 15.3 Å². The Morgan fingerprint density at radius 2 is 1.81 bits per heavy atom. The van der Waals surface area contributed by atoms with E-state index in [0.29, 0.717) is 6.54 Å². The summed E-state index contributed by atoms with van der Waals surface area (Å²) in [6, 6.07) is 9.01. The number of nitrogens with zero attached hydrogens (tertiary/aromatic N) is 1. The highest BCUT2D eigenvalue weighted by atomic mass is 16.3. The molecule has 0 bridgehead atoms. The Labute approximate surface area is 126 Å². The van der Waals surface area contributed by atoms with Crippen LogP contribution >= 0.6 is 0 Å². The summed E-state index contributed by atoms with van der Waals surface area (Å²) in [5, 5.41) is 11.4. The molecule has 5 heteroatoms. The van der Waals surface area contributed by atoms with Crippen molar-refractivity contribution in [2.24, 2.45) is 5.92 Å². The van der Waals surface area contributed by atoms with Crippen LogP contribution in [0.15, 0.2) is 30.3 Å². The monoisotopic (exact) mass is 292 g/mol. The number of rotatable bonds is 7. The average Bonchev–Trinajstić information content (AvgIpc) is 2.49. The first-order valence-corrected chi connectivity index (χ1v) is 7.20. The third-order valence-corrected chi connectivity index (χ3v) is 3.23. The van der Waals surface area contributed by atoms with Crippen molar-refractivity contribution in [1.82, 2.24) is 10.2 Å². The topological polar surface area (TPSA) is 69.6 Å². The molecule has 1 rings (SSSR count). The van der Waals surface area contributed by atoms with Gasteiger partial charge in [-0.1, -0.05) is 44.2 Å². The maximum atomic E-state index is 12.4. The lowest BCUT2D eigenvalue weighted by molar-refractivity contribution is -0.143. The minimum absolute atomic E-state index is 0.0644. The molecule has 0 aromatic heterocycles. The standard InChI is InChI=1S/C16H24N2O3/c1-12(2)16(21)18(11-14-7-5-4-6-8-14)13(3)15(20)17-9-10-19/h4-8,12-13,19H,9-11H2,1-3H3,(H,17,20). The van der Waals surface area contributed by atoms with Crippen molar-refractivity contribution in [3.8, 4) is 0 Å². The van der Waals surface area contributed by atoms with Gasteiger partial charge in [0.05, 0.1) is 6.61 Å². The number of benzene rings is 1. The van der Waals surface area contributed by atoms with Crippen molar-refractivity contribution >= 4 is 11.8 Å². The largest absolute Gasteiger partial charge is 0.395 e. The van der Waals surface area contributed by atoms with Gasteiger partial charge in [0.1, 0.15) is 6.04 Å². The van der Waals surface area contributed by atoms with E-state index >= 15 is 0 Å². The molecule has 0 spiro atoms. The van der Waals surface area contributed by atoms with Gasteiger partial charge in [-0.2, -0.15) is 0 Å². The smallest absolute Gasteiger partial charge is 0.242 e. The number of carbonyl (C=O) groups is 2. The number of aliphatic hydroxyl groups excluding tert-OH is 1. The van der Waals surface area contributed by atoms with Gasteiger partial charge in [0.2, 0.25) is 11.8 Å². The summed E-state index contributed by atoms with van der Waals surface area (Å²) in [5.41, 5.74) is 0.980. The molecule has 1 aromatic rings. The molecule has 0 heterocycles. The van der Waals surface area contributed by atoms with Crippen molar-refractivity contribution in [3.63, 3.8) is 0 Å². The van der Waals surface area contributed by atoms with Crippen LogP contribution in [0.25, 0.3) is 0 Å². The van der Waals surface area contributed by atoms with Crippen LogP contribution in [-0.4, -0.2) is 41.0 Å². The van der Waals surface area contributed by atoms with Crippen LogP contribution in [0.3, 0.4) is 0 Å². The number of hydrogen-bond donors (Lipinski definition) is 2. The summed E-state index contributed by atoms with van der Waals surface area (Å²) < 4.78 is 0. The molecule has 0 saturated carbocycles. The van der Waals surface area contributed by atoms with Crippen molar-refractivity contribution in [1.29, 1.82) is 0 Å². The Hall–Kier alpha value is -1.88. The van der Waals surface area contributed by atoms with Crippen molar-refractivity contribution in [2.45, 2.75) is 33.4 Å². The van der Waals surface area contributed by atoms with E-state index in [1.807, 2.05) is 44.2 Å². The molecular weight excluding hydrogens is 268 g/mol. The molecule has 2 N–H and O–H groups in total. The molecule has 0 aliphatic carbocycles. The Morgan fingerprint density at radius 1 is 1.19 bits per heavy atom. The van der Waals surface area contributed by atoms with Gasteiger partial charge in [-0.3, -0.25) is 9.59 Å². The molecule has 0 fully saturated rings. The van der Waals surface area contributed by atoms with Crippen LogP contribution < -0.4 is 5.32 Å². The van der Waals surface area contributed by atoms with Crippen molar-refractivity contribution in [2.75, 3.05) is 13.2 Å². The second kappa shape index (κ2) is 8.42. The van der Waals surface area contributed by atoms with E-state index in [9.17, 15) is 9.59 Å². The number of aliphatic hydroxyl groups is 1. The quantitative estimate of drug-likeness (QED) is 0.792. The van der Waals surface area contributed by atoms with Gasteiger partial charge in [0.25, 0.3) is 0 Å². The van der Waals surface area contributed by atoms with Crippen LogP contribution in [-0.2, 0) is 16.1 Å². The van der Waals surface area contributed by atoms with Gasteiger partial charge in [0, 0.05) is 19.0 Å². The molecule has 0 saturated heterocycles. The summed E-state index contributed by atoms with van der Waals surface area (Å²) in [7, 11) is 0. The fourth-order valence-corrected chi connectivity index (χ4v) is 1.99. The summed E-state index contributed by atoms with van der Waals surface area (Å²) in [5.74, 6) is -0.499. The van der Waals surface area contributed by atoms with Crippen LogP contribution in [0.4, 0.5) is 0 Å². The highest BCUT2D eigenvalue weighted by Crippen LogP contribution is 2.13. The lowest BCUT2D eigenvalue weighted by Gasteiger charge is -2.30. The minimum atomic E-state index is -0.577. The lowest BCUT2D eigenvalue weighted by Crippen LogP contribution is -2.49. The molecule has 5 nitrogen and oxygen atoms in total. The highest BCUT2D eigenvalue weighted by Gasteiger charge is 2.27. The van der Waals surface area contributed by atoms with E-state index in [1.165, 1.54) is 0 Å². The molecule has 1 aromatic carbocycles. The number of nitrogens with one attached hydrogen (secondary N) is 1. The first kappa shape index (κ1) is 17.2. The second-order valence-corrected chi connectivity index (χ2v) is 5.30. The number of amides is 2. The van der Waals surface area contributed by atoms with E-state index in [2.05, 4.69) is 5.32 Å². The molecule has 21 heavy (non-hydrogen) atoms. The molecule has 0 radical (unpaired) electrons. The zero-order valence-electron chi connectivity index (χ0n) is 12.9. The molecule has 0 aliphatic heterocycles. The predicted molar refractivity (Wildman–Crippen MR) is 81.4 cm³/mol. The zero-order chi connectivity index (χ0) is 15.8. The molecule has 1 unspecified atom stereocenters. The average molecular weight is 292 g/mol. The van der Waals surface area contributed by atoms with E-state index in [4.69, 9.17) is 5.11 Å². The fourth-order valence-electron chi connectivity index (χ4n) is 1.99. The Bertz CT molecular complexity index is 460. The Morgan fingerprint density at radius 3 is 2.33 bits per heavy atom. The van der Waals surface area contributed by atoms with Crippen LogP contribution in [0, 0.1) is 5.92 Å². The maximum Gasteiger partial charge on any atom is 0.242 e. The van der Waals surface area contributed by atoms with E-state index in [0.717, 1.165) is 5.56 Å². The van der Waals surface area contributed by atoms with Crippen LogP contribution in [0.1, 0.15) is 26.3 Å². The van der Waals surface area contributed by atoms with Gasteiger partial charge in [0.15, 0.2) is 0 Å². The third kappa shape index (κ3) is 5.19. The summed E-state index contributed by atoms with van der Waals surface area (Å²) >= 11 is 0. The van der Waals surface area contributed by atoms with Crippen LogP contribution in [0.2, 0.25) is 0 Å². The van der Waals surface area contributed by atoms with Crippen molar-refractivity contribution < 1.29 is 14.7 Å². The minimum Gasteiger partial charge on any atom is -0.395 e. The normalized spacial score (nSPS) is 12.0. The van der Waals surface area contributed by atoms with E-state index in [-0.39, 0.29) is 30.9 Å². The second-order valence-electron chi connectivity index (χ2n) is 5.30. The number of hydrogen-bond acceptors (Lipinski definition) is 3. The van der Waals surface area contributed by atoms with Gasteiger partial charge in [-0.25, -0.2) is 0 Å². The van der Waals surface area contributed by atoms with E-state index in [1.54, 1.807) is 11.8 Å². The lowest BCUT2D eigenvalue weighted by atomic mass is 10.1. The van der Waals surface area contributed by atoms with Gasteiger partial charge in [-0.05, 0) is 12.5 Å². The molecular formula is C16H24N2O3. The van der Waals surface area contributed by atoms with Crippen molar-refractivity contribution in [3.05, 3.63) is 35.9 Å². The van der Waals surface area contributed by atoms with Gasteiger partial charge in [-0.15, -0.1) is 0 Å². The molecule has 2 amide bonds. The van der Waals surface area contributed by atoms with Crippen LogP contribution in [0.5, 0.6) is 0 Å². The van der Waals surface area contributed by atoms with Gasteiger partial charge >= 0.3 is 0 Å². The highest BCUT2D eigenvalue weighted by molar-refractivity contribution is 5.88. The third-order valence-electron chi connectivity index (χ3n) is 3.23. The fraction of sp³-hybridized carbons (Fsp3) is 0.500. The maximum absolute atomic E-state index is 12.4. The first-order valence-electron chi connectivity index (χ1n) is 7.20. The first-order chi connectivity index (χ1) is 9.97. The molecule has 0 aliphatic rings. The Kier molecular flexibility index (Phi) is 6.88. The zero-order valence-corrected chi connectivity index (χ0v) is 12.9. The SMILES string of the molecule is CC(C)C(=O)N(Cc1ccccc1)C(C)C(=O)NCCO. The summed E-state index contributed by atoms with van der Waals surface area (Å²) in [6.45, 7) is 5.81.